The van der Waals surface area contributed by atoms with Crippen molar-refractivity contribution in [1.82, 2.24) is 4.98 Å². The summed E-state index contributed by atoms with van der Waals surface area (Å²) in [5.41, 5.74) is 3.84. The van der Waals surface area contributed by atoms with E-state index < -0.39 is 0 Å². The van der Waals surface area contributed by atoms with Gasteiger partial charge in [0.15, 0.2) is 0 Å². The highest BCUT2D eigenvalue weighted by Gasteiger charge is 2.24. The van der Waals surface area contributed by atoms with Gasteiger partial charge in [0, 0.05) is 11.1 Å². The molecule has 18 heavy (non-hydrogen) atoms. The van der Waals surface area contributed by atoms with E-state index >= 15 is 0 Å². The highest BCUT2D eigenvalue weighted by atomic mass is 14.7. The summed E-state index contributed by atoms with van der Waals surface area (Å²) in [6.45, 7) is 4.57. The number of pyridine rings is 1. The van der Waals surface area contributed by atoms with Crippen LogP contribution in [-0.2, 0) is 0 Å². The molecule has 1 aromatic heterocycles. The molecule has 1 saturated carbocycles. The van der Waals surface area contributed by atoms with Crippen molar-refractivity contribution in [3.8, 4) is 0 Å². The summed E-state index contributed by atoms with van der Waals surface area (Å²) in [4.78, 5) is 4.79. The zero-order chi connectivity index (χ0) is 12.5. The predicted octanol–water partition coefficient (Wildman–Crippen LogP) is 4.84. The van der Waals surface area contributed by atoms with Crippen molar-refractivity contribution in [2.24, 2.45) is 5.92 Å². The van der Waals surface area contributed by atoms with Gasteiger partial charge in [0.2, 0.25) is 0 Å². The summed E-state index contributed by atoms with van der Waals surface area (Å²) in [7, 11) is 0. The Hall–Kier alpha value is -1.37. The maximum Gasteiger partial charge on any atom is 0.0705 e. The van der Waals surface area contributed by atoms with Crippen molar-refractivity contribution in [2.45, 2.75) is 45.4 Å². The van der Waals surface area contributed by atoms with Crippen LogP contribution in [0.15, 0.2) is 30.3 Å². The summed E-state index contributed by atoms with van der Waals surface area (Å²) >= 11 is 0. The number of para-hydroxylation sites is 1. The Morgan fingerprint density at radius 1 is 1.11 bits per heavy atom. The molecule has 0 N–H and O–H groups in total. The fourth-order valence-corrected chi connectivity index (χ4v) is 3.38. The molecule has 0 aliphatic heterocycles. The molecule has 0 spiro atoms. The Morgan fingerprint density at radius 2 is 1.89 bits per heavy atom. The highest BCUT2D eigenvalue weighted by molar-refractivity contribution is 5.79. The molecular formula is C17H21N. The lowest BCUT2D eigenvalue weighted by molar-refractivity contribution is 0.329. The van der Waals surface area contributed by atoms with Crippen LogP contribution in [0, 0.1) is 12.8 Å². The van der Waals surface area contributed by atoms with Gasteiger partial charge in [-0.3, -0.25) is 4.98 Å². The lowest BCUT2D eigenvalue weighted by Gasteiger charge is -2.30. The second kappa shape index (κ2) is 4.72. The monoisotopic (exact) mass is 239 g/mol. The fourth-order valence-electron chi connectivity index (χ4n) is 3.38. The van der Waals surface area contributed by atoms with Gasteiger partial charge in [-0.25, -0.2) is 0 Å². The second-order valence-corrected chi connectivity index (χ2v) is 5.72. The Kier molecular flexibility index (Phi) is 3.07. The Morgan fingerprint density at radius 3 is 2.72 bits per heavy atom. The van der Waals surface area contributed by atoms with Crippen LogP contribution in [0.3, 0.4) is 0 Å². The molecule has 1 heterocycles. The average Bonchev–Trinajstić information content (AvgIpc) is 2.39. The van der Waals surface area contributed by atoms with Crippen LogP contribution in [0.1, 0.15) is 49.8 Å². The van der Waals surface area contributed by atoms with E-state index in [1.807, 2.05) is 0 Å². The predicted molar refractivity (Wildman–Crippen MR) is 76.9 cm³/mol. The molecule has 1 unspecified atom stereocenters. The van der Waals surface area contributed by atoms with Gasteiger partial charge in [0.25, 0.3) is 0 Å². The zero-order valence-electron chi connectivity index (χ0n) is 11.3. The van der Waals surface area contributed by atoms with Gasteiger partial charge in [-0.2, -0.15) is 0 Å². The van der Waals surface area contributed by atoms with Crippen molar-refractivity contribution >= 4 is 10.9 Å². The molecule has 0 radical (unpaired) electrons. The van der Waals surface area contributed by atoms with Crippen LogP contribution in [0.5, 0.6) is 0 Å². The van der Waals surface area contributed by atoms with Crippen LogP contribution in [-0.4, -0.2) is 4.98 Å². The number of nitrogens with zero attached hydrogens (tertiary/aromatic N) is 1. The SMILES string of the molecule is Cc1nc2ccccc2cc1C1CCCC[C@H]1C. The van der Waals surface area contributed by atoms with Crippen LogP contribution in [0.2, 0.25) is 0 Å². The van der Waals surface area contributed by atoms with Crippen molar-refractivity contribution in [1.29, 1.82) is 0 Å². The molecule has 0 bridgehead atoms. The Labute approximate surface area is 109 Å². The second-order valence-electron chi connectivity index (χ2n) is 5.72. The summed E-state index contributed by atoms with van der Waals surface area (Å²) in [6.07, 6.45) is 5.48. The third-order valence-corrected chi connectivity index (χ3v) is 4.46. The average molecular weight is 239 g/mol. The first-order valence-electron chi connectivity index (χ1n) is 7.12. The van der Waals surface area contributed by atoms with E-state index in [4.69, 9.17) is 4.98 Å². The topological polar surface area (TPSA) is 12.9 Å². The van der Waals surface area contributed by atoms with Gasteiger partial charge in [-0.15, -0.1) is 0 Å². The third-order valence-electron chi connectivity index (χ3n) is 4.46. The van der Waals surface area contributed by atoms with E-state index in [1.165, 1.54) is 42.3 Å². The maximum atomic E-state index is 4.79. The first-order chi connectivity index (χ1) is 8.75. The quantitative estimate of drug-likeness (QED) is 0.694. The Bertz CT molecular complexity index is 559. The minimum Gasteiger partial charge on any atom is -0.253 e. The zero-order valence-corrected chi connectivity index (χ0v) is 11.3. The fraction of sp³-hybridized carbons (Fsp3) is 0.471. The van der Waals surface area contributed by atoms with E-state index in [9.17, 15) is 0 Å². The molecule has 94 valence electrons. The number of aromatic nitrogens is 1. The molecule has 1 nitrogen and oxygen atoms in total. The van der Waals surface area contributed by atoms with Crippen molar-refractivity contribution in [3.05, 3.63) is 41.6 Å². The maximum absolute atomic E-state index is 4.79. The number of rotatable bonds is 1. The van der Waals surface area contributed by atoms with Gasteiger partial charge >= 0.3 is 0 Å². The molecule has 1 aliphatic rings. The number of benzene rings is 1. The van der Waals surface area contributed by atoms with Crippen molar-refractivity contribution in [2.75, 3.05) is 0 Å². The molecule has 0 amide bonds. The van der Waals surface area contributed by atoms with E-state index in [1.54, 1.807) is 0 Å². The molecular weight excluding hydrogens is 218 g/mol. The molecule has 3 rings (SSSR count). The minimum atomic E-state index is 0.718. The highest BCUT2D eigenvalue weighted by Crippen LogP contribution is 2.39. The summed E-state index contributed by atoms with van der Waals surface area (Å²) < 4.78 is 0. The molecule has 1 aliphatic carbocycles. The van der Waals surface area contributed by atoms with Crippen LogP contribution < -0.4 is 0 Å². The van der Waals surface area contributed by atoms with E-state index in [2.05, 4.69) is 44.2 Å². The number of hydrogen-bond donors (Lipinski definition) is 0. The number of hydrogen-bond acceptors (Lipinski definition) is 1. The van der Waals surface area contributed by atoms with E-state index in [-0.39, 0.29) is 0 Å². The van der Waals surface area contributed by atoms with Gasteiger partial charge in [0.05, 0.1) is 5.52 Å². The van der Waals surface area contributed by atoms with Crippen LogP contribution in [0.4, 0.5) is 0 Å². The van der Waals surface area contributed by atoms with Gasteiger partial charge < -0.3 is 0 Å². The van der Waals surface area contributed by atoms with E-state index in [0.717, 1.165) is 17.4 Å². The third kappa shape index (κ3) is 2.03. The largest absolute Gasteiger partial charge is 0.253 e. The normalized spacial score (nSPS) is 24.3. The molecule has 2 atom stereocenters. The molecule has 1 aromatic carbocycles. The summed E-state index contributed by atoms with van der Waals surface area (Å²) in [5.74, 6) is 1.52. The lowest BCUT2D eigenvalue weighted by Crippen LogP contribution is -2.16. The smallest absolute Gasteiger partial charge is 0.0705 e. The molecule has 1 heteroatoms. The first kappa shape index (κ1) is 11.7. The van der Waals surface area contributed by atoms with E-state index in [0.29, 0.717) is 0 Å². The minimum absolute atomic E-state index is 0.718. The molecule has 2 aromatic rings. The van der Waals surface area contributed by atoms with Crippen LogP contribution in [0.25, 0.3) is 10.9 Å². The summed E-state index contributed by atoms with van der Waals surface area (Å²) in [5, 5.41) is 1.29. The molecule has 0 saturated heterocycles. The molecule has 1 fully saturated rings. The van der Waals surface area contributed by atoms with Crippen molar-refractivity contribution in [3.63, 3.8) is 0 Å². The van der Waals surface area contributed by atoms with Gasteiger partial charge in [0.1, 0.15) is 0 Å². The lowest BCUT2D eigenvalue weighted by atomic mass is 9.76. The number of aryl methyl sites for hydroxylation is 1. The number of fused-ring (bicyclic) bond motifs is 1. The van der Waals surface area contributed by atoms with Gasteiger partial charge in [-0.05, 0) is 42.9 Å². The summed E-state index contributed by atoms with van der Waals surface area (Å²) in [6, 6.07) is 10.8. The Balaban J connectivity index is 2.07. The van der Waals surface area contributed by atoms with Gasteiger partial charge in [-0.1, -0.05) is 44.4 Å². The van der Waals surface area contributed by atoms with Crippen molar-refractivity contribution < 1.29 is 0 Å². The van der Waals surface area contributed by atoms with Crippen LogP contribution >= 0.6 is 0 Å². The standard InChI is InChI=1S/C17H21N/c1-12-7-3-5-9-15(12)16-11-14-8-4-6-10-17(14)18-13(16)2/h4,6,8,10-12,15H,3,5,7,9H2,1-2H3/t12-,15?/m1/s1. The first-order valence-corrected chi connectivity index (χ1v) is 7.12.